The molecule has 2 saturated heterocycles. The molecule has 2 unspecified atom stereocenters. The maximum absolute atomic E-state index is 13.3. The third kappa shape index (κ3) is 3.49. The van der Waals surface area contributed by atoms with Gasteiger partial charge in [-0.2, -0.15) is 0 Å². The minimum absolute atomic E-state index is 0.00711. The van der Waals surface area contributed by atoms with E-state index < -0.39 is 0 Å². The van der Waals surface area contributed by atoms with Crippen LogP contribution in [0.2, 0.25) is 0 Å². The molecule has 2 aliphatic heterocycles. The molecule has 30 heavy (non-hydrogen) atoms. The third-order valence-corrected chi connectivity index (χ3v) is 6.58. The number of piperidine rings is 1. The highest BCUT2D eigenvalue weighted by Gasteiger charge is 2.39. The van der Waals surface area contributed by atoms with Gasteiger partial charge in [-0.3, -0.25) is 14.0 Å². The highest BCUT2D eigenvalue weighted by Crippen LogP contribution is 2.31. The monoisotopic (exact) mass is 467 g/mol. The Hall–Kier alpha value is -2.74. The van der Waals surface area contributed by atoms with Gasteiger partial charge in [-0.25, -0.2) is 0 Å². The Labute approximate surface area is 182 Å². The van der Waals surface area contributed by atoms with E-state index in [0.29, 0.717) is 13.1 Å². The molecule has 7 nitrogen and oxygen atoms in total. The van der Waals surface area contributed by atoms with E-state index in [1.54, 1.807) is 4.90 Å². The molecule has 2 fully saturated rings. The number of hydrogen-bond donors (Lipinski definition) is 0. The highest BCUT2D eigenvalue weighted by molar-refractivity contribution is 9.10. The Balaban J connectivity index is 1.30. The molecule has 4 heterocycles. The number of carbonyl (C=O) groups is 2. The zero-order chi connectivity index (χ0) is 20.7. The lowest BCUT2D eigenvalue weighted by atomic mass is 9.95. The van der Waals surface area contributed by atoms with Crippen molar-refractivity contribution in [2.75, 3.05) is 24.5 Å². The Morgan fingerprint density at radius 1 is 1.07 bits per heavy atom. The summed E-state index contributed by atoms with van der Waals surface area (Å²) in [7, 11) is 0. The van der Waals surface area contributed by atoms with Gasteiger partial charge < -0.3 is 9.80 Å². The molecule has 0 aliphatic carbocycles. The Morgan fingerprint density at radius 2 is 1.90 bits per heavy atom. The van der Waals surface area contributed by atoms with Gasteiger partial charge in [0.15, 0.2) is 5.65 Å². The van der Waals surface area contributed by atoms with Gasteiger partial charge in [0.25, 0.3) is 0 Å². The van der Waals surface area contributed by atoms with Gasteiger partial charge in [0.1, 0.15) is 5.82 Å². The number of pyridine rings is 1. The van der Waals surface area contributed by atoms with E-state index in [9.17, 15) is 9.59 Å². The van der Waals surface area contributed by atoms with Crippen LogP contribution in [-0.2, 0) is 9.59 Å². The largest absolute Gasteiger partial charge is 0.342 e. The highest BCUT2D eigenvalue weighted by atomic mass is 79.9. The number of anilines is 1. The summed E-state index contributed by atoms with van der Waals surface area (Å²) in [4.78, 5) is 29.5. The van der Waals surface area contributed by atoms with Crippen molar-refractivity contribution in [1.82, 2.24) is 19.5 Å². The number of likely N-dealkylation sites (tertiary alicyclic amines) is 1. The van der Waals surface area contributed by atoms with Crippen LogP contribution in [0.4, 0.5) is 5.69 Å². The van der Waals surface area contributed by atoms with Crippen LogP contribution < -0.4 is 4.90 Å². The van der Waals surface area contributed by atoms with Gasteiger partial charge in [-0.1, -0.05) is 22.0 Å². The second-order valence-electron chi connectivity index (χ2n) is 7.99. The fourth-order valence-electron chi connectivity index (χ4n) is 4.53. The van der Waals surface area contributed by atoms with Crippen molar-refractivity contribution in [2.45, 2.75) is 25.2 Å². The fraction of sp³-hybridized carbons (Fsp3) is 0.364. The van der Waals surface area contributed by atoms with Crippen molar-refractivity contribution in [3.63, 3.8) is 0 Å². The van der Waals surface area contributed by atoms with Crippen molar-refractivity contribution in [3.8, 4) is 0 Å². The third-order valence-electron chi connectivity index (χ3n) is 6.05. The minimum atomic E-state index is -0.296. The zero-order valence-corrected chi connectivity index (χ0v) is 18.0. The Bertz CT molecular complexity index is 1100. The first-order valence-corrected chi connectivity index (χ1v) is 11.0. The molecule has 1 aromatic carbocycles. The molecule has 2 atom stereocenters. The van der Waals surface area contributed by atoms with Gasteiger partial charge >= 0.3 is 0 Å². The van der Waals surface area contributed by atoms with E-state index >= 15 is 0 Å². The quantitative estimate of drug-likeness (QED) is 0.592. The van der Waals surface area contributed by atoms with Crippen LogP contribution in [0.15, 0.2) is 53.1 Å². The van der Waals surface area contributed by atoms with Gasteiger partial charge in [0, 0.05) is 48.3 Å². The van der Waals surface area contributed by atoms with E-state index in [1.807, 2.05) is 58.0 Å². The van der Waals surface area contributed by atoms with Crippen molar-refractivity contribution in [2.24, 2.45) is 5.92 Å². The number of carbonyl (C=O) groups excluding carboxylic acids is 2. The lowest BCUT2D eigenvalue weighted by Gasteiger charge is -2.33. The Morgan fingerprint density at radius 3 is 2.73 bits per heavy atom. The summed E-state index contributed by atoms with van der Waals surface area (Å²) < 4.78 is 2.97. The number of rotatable bonds is 3. The second kappa shape index (κ2) is 7.83. The van der Waals surface area contributed by atoms with Crippen LogP contribution >= 0.6 is 15.9 Å². The molecule has 2 aliphatic rings. The summed E-state index contributed by atoms with van der Waals surface area (Å²) in [5.74, 6) is 0.839. The average molecular weight is 468 g/mol. The van der Waals surface area contributed by atoms with Crippen LogP contribution in [0, 0.1) is 5.92 Å². The Kier molecular flexibility index (Phi) is 5.02. The predicted octanol–water partition coefficient (Wildman–Crippen LogP) is 3.25. The molecule has 3 aromatic rings. The maximum Gasteiger partial charge on any atom is 0.228 e. The van der Waals surface area contributed by atoms with E-state index in [2.05, 4.69) is 26.1 Å². The SMILES string of the molecule is O=C(C1CC(=O)N(c2ccc(Br)cc2)C1)N1CCCC(c2nnc3ccccn23)C1. The second-order valence-corrected chi connectivity index (χ2v) is 8.91. The normalized spacial score (nSPS) is 22.1. The van der Waals surface area contributed by atoms with Crippen LogP contribution in [-0.4, -0.2) is 50.9 Å². The van der Waals surface area contributed by atoms with Gasteiger partial charge in [0.2, 0.25) is 11.8 Å². The summed E-state index contributed by atoms with van der Waals surface area (Å²) in [5, 5.41) is 8.65. The van der Waals surface area contributed by atoms with Gasteiger partial charge in [-0.05, 0) is 49.2 Å². The molecule has 2 amide bonds. The summed E-state index contributed by atoms with van der Waals surface area (Å²) in [5.41, 5.74) is 1.66. The predicted molar refractivity (Wildman–Crippen MR) is 116 cm³/mol. The number of amides is 2. The molecule has 2 aromatic heterocycles. The van der Waals surface area contributed by atoms with E-state index in [4.69, 9.17) is 0 Å². The standard InChI is InChI=1S/C22H22BrN5O2/c23-17-6-8-18(9-7-17)28-14-16(12-20(28)29)22(30)26-10-3-4-15(13-26)21-25-24-19-5-1-2-11-27(19)21/h1-2,5-9,11,15-16H,3-4,10,12-14H2. The maximum atomic E-state index is 13.3. The first-order chi connectivity index (χ1) is 14.6. The molecule has 0 saturated carbocycles. The van der Waals surface area contributed by atoms with Crippen LogP contribution in [0.25, 0.3) is 5.65 Å². The van der Waals surface area contributed by atoms with Crippen molar-refractivity contribution < 1.29 is 9.59 Å². The molecule has 0 N–H and O–H groups in total. The number of benzene rings is 1. The summed E-state index contributed by atoms with van der Waals surface area (Å²) in [6, 6.07) is 13.5. The lowest BCUT2D eigenvalue weighted by molar-refractivity contribution is -0.137. The van der Waals surface area contributed by atoms with Gasteiger partial charge in [0.05, 0.1) is 5.92 Å². The van der Waals surface area contributed by atoms with Crippen molar-refractivity contribution in [3.05, 3.63) is 59.0 Å². The molecule has 154 valence electrons. The van der Waals surface area contributed by atoms with Crippen molar-refractivity contribution >= 4 is 39.1 Å². The summed E-state index contributed by atoms with van der Waals surface area (Å²) in [6.07, 6.45) is 4.14. The number of aromatic nitrogens is 3. The summed E-state index contributed by atoms with van der Waals surface area (Å²) >= 11 is 3.42. The molecular weight excluding hydrogens is 446 g/mol. The number of halogens is 1. The first kappa shape index (κ1) is 19.2. The van der Waals surface area contributed by atoms with Gasteiger partial charge in [-0.15, -0.1) is 10.2 Å². The minimum Gasteiger partial charge on any atom is -0.342 e. The van der Waals surface area contributed by atoms with Crippen LogP contribution in [0.3, 0.4) is 0 Å². The van der Waals surface area contributed by atoms with Crippen LogP contribution in [0.5, 0.6) is 0 Å². The lowest BCUT2D eigenvalue weighted by Crippen LogP contribution is -2.43. The molecule has 5 rings (SSSR count). The molecule has 0 spiro atoms. The number of hydrogen-bond acceptors (Lipinski definition) is 4. The number of nitrogens with zero attached hydrogens (tertiary/aromatic N) is 5. The fourth-order valence-corrected chi connectivity index (χ4v) is 4.79. The molecule has 0 bridgehead atoms. The summed E-state index contributed by atoms with van der Waals surface area (Å²) in [6.45, 7) is 1.79. The van der Waals surface area contributed by atoms with Crippen molar-refractivity contribution in [1.29, 1.82) is 0 Å². The van der Waals surface area contributed by atoms with Crippen LogP contribution in [0.1, 0.15) is 31.0 Å². The average Bonchev–Trinajstić information content (AvgIpc) is 3.38. The topological polar surface area (TPSA) is 70.8 Å². The molecule has 8 heteroatoms. The van der Waals surface area contributed by atoms with E-state index in [-0.39, 0.29) is 30.1 Å². The smallest absolute Gasteiger partial charge is 0.228 e. The number of fused-ring (bicyclic) bond motifs is 1. The molecule has 0 radical (unpaired) electrons. The first-order valence-electron chi connectivity index (χ1n) is 10.2. The molecular formula is C22H22BrN5O2. The van der Waals surface area contributed by atoms with E-state index in [0.717, 1.165) is 41.0 Å². The van der Waals surface area contributed by atoms with E-state index in [1.165, 1.54) is 0 Å². The zero-order valence-electron chi connectivity index (χ0n) is 16.4.